The first kappa shape index (κ1) is 25.5. The molecule has 0 saturated carbocycles. The quantitative estimate of drug-likeness (QED) is 0.0664. The number of ether oxygens (including phenoxy) is 1. The number of aryl methyl sites for hydroxylation is 1. The summed E-state index contributed by atoms with van der Waals surface area (Å²) in [5.41, 5.74) is 1.47. The number of benzene rings is 3. The molecule has 180 valence electrons. The van der Waals surface area contributed by atoms with Gasteiger partial charge in [-0.1, -0.05) is 38.0 Å². The van der Waals surface area contributed by atoms with Crippen LogP contribution in [0.5, 0.6) is 17.2 Å². The lowest BCUT2D eigenvalue weighted by molar-refractivity contribution is 0.0729. The summed E-state index contributed by atoms with van der Waals surface area (Å²) >= 11 is 3.98. The first-order chi connectivity index (χ1) is 16.8. The molecule has 1 heterocycles. The van der Waals surface area contributed by atoms with Gasteiger partial charge in [0.15, 0.2) is 17.3 Å². The van der Waals surface area contributed by atoms with Crippen molar-refractivity contribution in [2.24, 2.45) is 0 Å². The summed E-state index contributed by atoms with van der Waals surface area (Å²) in [5, 5.41) is 21.2. The Morgan fingerprint density at radius 3 is 2.29 bits per heavy atom. The number of esters is 1. The number of hydrogen-bond acceptors (Lipinski definition) is 6. The molecule has 6 nitrogen and oxygen atoms in total. The zero-order chi connectivity index (χ0) is 25.1. The van der Waals surface area contributed by atoms with Crippen molar-refractivity contribution in [3.63, 3.8) is 0 Å². The van der Waals surface area contributed by atoms with Gasteiger partial charge in [-0.15, -0.1) is 0 Å². The zero-order valence-corrected chi connectivity index (χ0v) is 23.1. The van der Waals surface area contributed by atoms with Gasteiger partial charge in [-0.2, -0.15) is 0 Å². The monoisotopic (exact) mass is 696 g/mol. The molecule has 0 amide bonds. The van der Waals surface area contributed by atoms with E-state index in [1.165, 1.54) is 12.1 Å². The van der Waals surface area contributed by atoms with E-state index in [1.807, 2.05) is 45.2 Å². The highest BCUT2D eigenvalue weighted by Gasteiger charge is 2.25. The predicted molar refractivity (Wildman–Crippen MR) is 149 cm³/mol. The number of fused-ring (bicyclic) bond motifs is 1. The highest BCUT2D eigenvalue weighted by atomic mass is 127. The molecule has 3 aromatic carbocycles. The Hall–Kier alpha value is -2.60. The van der Waals surface area contributed by atoms with E-state index in [-0.39, 0.29) is 23.0 Å². The number of carbonyl (C=O) groups is 2. The number of furan rings is 1. The molecule has 8 heteroatoms. The second kappa shape index (κ2) is 11.0. The summed E-state index contributed by atoms with van der Waals surface area (Å²) in [6.45, 7) is 2.09. The number of aromatic hydroxyl groups is 2. The summed E-state index contributed by atoms with van der Waals surface area (Å²) in [4.78, 5) is 26.1. The molecule has 0 fully saturated rings. The fraction of sp³-hybridized carbons (Fsp3) is 0.185. The first-order valence-electron chi connectivity index (χ1n) is 11.1. The van der Waals surface area contributed by atoms with Crippen LogP contribution >= 0.6 is 45.2 Å². The maximum absolute atomic E-state index is 13.6. The minimum Gasteiger partial charge on any atom is -0.506 e. The van der Waals surface area contributed by atoms with Crippen LogP contribution in [0.25, 0.3) is 11.0 Å². The van der Waals surface area contributed by atoms with Crippen molar-refractivity contribution in [2.75, 3.05) is 0 Å². The van der Waals surface area contributed by atoms with Crippen LogP contribution in [0.15, 0.2) is 59.0 Å². The molecule has 0 aliphatic carbocycles. The Morgan fingerprint density at radius 1 is 0.943 bits per heavy atom. The normalized spacial score (nSPS) is 11.1. The maximum atomic E-state index is 13.6. The molecule has 4 aromatic rings. The number of phenolic OH excluding ortho intramolecular Hbond substituents is 2. The molecular formula is C27H22I2O6. The van der Waals surface area contributed by atoms with Gasteiger partial charge < -0.3 is 19.4 Å². The van der Waals surface area contributed by atoms with Crippen LogP contribution in [0.3, 0.4) is 0 Å². The predicted octanol–water partition coefficient (Wildman–Crippen LogP) is 7.24. The van der Waals surface area contributed by atoms with E-state index in [0.29, 0.717) is 47.0 Å². The number of rotatable bonds is 8. The van der Waals surface area contributed by atoms with E-state index in [1.54, 1.807) is 42.5 Å². The average molecular weight is 696 g/mol. The maximum Gasteiger partial charge on any atom is 0.343 e. The largest absolute Gasteiger partial charge is 0.506 e. The third-order valence-corrected chi connectivity index (χ3v) is 7.21. The molecule has 0 radical (unpaired) electrons. The number of ketones is 1. The van der Waals surface area contributed by atoms with Crippen molar-refractivity contribution in [1.82, 2.24) is 0 Å². The summed E-state index contributed by atoms with van der Waals surface area (Å²) in [6.07, 6.45) is 3.38. The third kappa shape index (κ3) is 5.48. The molecule has 4 rings (SSSR count). The van der Waals surface area contributed by atoms with Crippen molar-refractivity contribution < 1.29 is 29.0 Å². The van der Waals surface area contributed by atoms with Crippen LogP contribution in [0.2, 0.25) is 0 Å². The molecule has 0 atom stereocenters. The number of carbonyl (C=O) groups excluding carboxylic acids is 2. The second-order valence-corrected chi connectivity index (χ2v) is 10.4. The van der Waals surface area contributed by atoms with E-state index in [9.17, 15) is 19.8 Å². The Bertz CT molecular complexity index is 1390. The zero-order valence-electron chi connectivity index (χ0n) is 18.8. The SMILES string of the molecule is CCCCCc1oc2cc(OC(=O)c3ccccc3)c(O)cc2c1C(=O)c1cc(I)c(O)c(I)c1. The fourth-order valence-corrected chi connectivity index (χ4v) is 5.55. The standard InChI is InChI=1S/C27H22I2O6/c1-2-3-5-10-21-24(25(31)16-11-18(28)26(32)19(29)12-16)17-13-20(30)23(14-22(17)34-21)35-27(33)15-8-6-4-7-9-15/h4,6-9,11-14,30,32H,2-3,5,10H2,1H3. The smallest absolute Gasteiger partial charge is 0.343 e. The fourth-order valence-electron chi connectivity index (χ4n) is 3.78. The number of halogens is 2. The highest BCUT2D eigenvalue weighted by Crippen LogP contribution is 2.38. The van der Waals surface area contributed by atoms with Gasteiger partial charge >= 0.3 is 5.97 Å². The van der Waals surface area contributed by atoms with Gasteiger partial charge in [-0.05, 0) is 81.9 Å². The molecule has 0 unspecified atom stereocenters. The van der Waals surface area contributed by atoms with Crippen LogP contribution < -0.4 is 4.74 Å². The second-order valence-electron chi connectivity index (χ2n) is 8.05. The van der Waals surface area contributed by atoms with Crippen molar-refractivity contribution in [3.05, 3.63) is 84.2 Å². The van der Waals surface area contributed by atoms with E-state index in [4.69, 9.17) is 9.15 Å². The molecule has 0 aliphatic heterocycles. The highest BCUT2D eigenvalue weighted by molar-refractivity contribution is 14.1. The average Bonchev–Trinajstić information content (AvgIpc) is 3.19. The minimum absolute atomic E-state index is 0.0482. The van der Waals surface area contributed by atoms with E-state index in [2.05, 4.69) is 6.92 Å². The lowest BCUT2D eigenvalue weighted by atomic mass is 9.98. The third-order valence-electron chi connectivity index (χ3n) is 5.57. The summed E-state index contributed by atoms with van der Waals surface area (Å²) < 4.78 is 12.6. The topological polar surface area (TPSA) is 97.0 Å². The van der Waals surface area contributed by atoms with Crippen LogP contribution in [0.1, 0.15) is 58.2 Å². The van der Waals surface area contributed by atoms with Gasteiger partial charge in [0, 0.05) is 23.4 Å². The van der Waals surface area contributed by atoms with Gasteiger partial charge in [0.1, 0.15) is 17.1 Å². The molecule has 0 spiro atoms. The van der Waals surface area contributed by atoms with Crippen LogP contribution in [0, 0.1) is 7.14 Å². The van der Waals surface area contributed by atoms with Crippen LogP contribution in [-0.2, 0) is 6.42 Å². The lowest BCUT2D eigenvalue weighted by Gasteiger charge is -2.08. The first-order valence-corrected chi connectivity index (χ1v) is 13.2. The molecule has 0 bridgehead atoms. The number of hydrogen-bond donors (Lipinski definition) is 2. The Labute approximate surface area is 229 Å². The van der Waals surface area contributed by atoms with Crippen molar-refractivity contribution in [2.45, 2.75) is 32.6 Å². The molecule has 1 aromatic heterocycles. The summed E-state index contributed by atoms with van der Waals surface area (Å²) in [7, 11) is 0. The van der Waals surface area contributed by atoms with E-state index >= 15 is 0 Å². The van der Waals surface area contributed by atoms with Crippen LogP contribution in [0.4, 0.5) is 0 Å². The van der Waals surface area contributed by atoms with Crippen molar-refractivity contribution in [3.8, 4) is 17.2 Å². The van der Waals surface area contributed by atoms with E-state index in [0.717, 1.165) is 19.3 Å². The minimum atomic E-state index is -0.612. The summed E-state index contributed by atoms with van der Waals surface area (Å²) in [5.74, 6) is -0.549. The van der Waals surface area contributed by atoms with Gasteiger partial charge in [-0.25, -0.2) is 4.79 Å². The molecule has 35 heavy (non-hydrogen) atoms. The van der Waals surface area contributed by atoms with Crippen LogP contribution in [-0.4, -0.2) is 22.0 Å². The van der Waals surface area contributed by atoms with Gasteiger partial charge in [-0.3, -0.25) is 4.79 Å². The Balaban J connectivity index is 1.78. The van der Waals surface area contributed by atoms with Gasteiger partial charge in [0.05, 0.1) is 18.3 Å². The lowest BCUT2D eigenvalue weighted by Crippen LogP contribution is -2.08. The molecule has 0 saturated heterocycles. The molecule has 2 N–H and O–H groups in total. The molecule has 0 aliphatic rings. The van der Waals surface area contributed by atoms with Gasteiger partial charge in [0.2, 0.25) is 0 Å². The number of phenols is 2. The molecular weight excluding hydrogens is 674 g/mol. The Morgan fingerprint density at radius 2 is 1.63 bits per heavy atom. The van der Waals surface area contributed by atoms with Crippen molar-refractivity contribution >= 4 is 67.9 Å². The number of unbranched alkanes of at least 4 members (excludes halogenated alkanes) is 2. The van der Waals surface area contributed by atoms with E-state index < -0.39 is 5.97 Å². The Kier molecular flexibility index (Phi) is 8.00. The van der Waals surface area contributed by atoms with Gasteiger partial charge in [0.25, 0.3) is 0 Å². The summed E-state index contributed by atoms with van der Waals surface area (Å²) in [6, 6.07) is 14.6. The van der Waals surface area contributed by atoms with Crippen molar-refractivity contribution in [1.29, 1.82) is 0 Å².